The maximum Gasteiger partial charge on any atom is 0.408 e. The first-order valence-corrected chi connectivity index (χ1v) is 8.66. The van der Waals surface area contributed by atoms with Crippen molar-refractivity contribution < 1.29 is 33.0 Å². The maximum atomic E-state index is 14.0. The summed E-state index contributed by atoms with van der Waals surface area (Å²) in [6.07, 6.45) is -0.875. The van der Waals surface area contributed by atoms with Crippen LogP contribution in [0.4, 0.5) is 13.6 Å². The van der Waals surface area contributed by atoms with Crippen molar-refractivity contribution in [3.63, 3.8) is 0 Å². The predicted octanol–water partition coefficient (Wildman–Crippen LogP) is 3.95. The van der Waals surface area contributed by atoms with E-state index >= 15 is 0 Å². The molecule has 148 valence electrons. The number of halogens is 3. The second kappa shape index (κ2) is 8.02. The lowest BCUT2D eigenvalue weighted by atomic mass is 9.92. The van der Waals surface area contributed by atoms with Gasteiger partial charge in [-0.1, -0.05) is 17.7 Å². The SMILES string of the molecule is COC(=O)C1c2ccc(OCc3c(F)ccc(Cl)c3F)cc2CCN1C(=O)O. The molecule has 0 fully saturated rings. The Morgan fingerprint density at radius 2 is 2.04 bits per heavy atom. The van der Waals surface area contributed by atoms with Gasteiger partial charge in [0.1, 0.15) is 18.2 Å². The molecule has 3 rings (SSSR count). The fourth-order valence-electron chi connectivity index (χ4n) is 3.12. The fourth-order valence-corrected chi connectivity index (χ4v) is 3.30. The topological polar surface area (TPSA) is 76.1 Å². The van der Waals surface area contributed by atoms with Crippen molar-refractivity contribution in [3.05, 3.63) is 63.7 Å². The number of amides is 1. The maximum absolute atomic E-state index is 14.0. The highest BCUT2D eigenvalue weighted by atomic mass is 35.5. The first-order chi connectivity index (χ1) is 13.3. The Morgan fingerprint density at radius 3 is 2.71 bits per heavy atom. The number of esters is 1. The molecule has 1 heterocycles. The molecule has 0 aliphatic carbocycles. The molecule has 1 aliphatic rings. The fraction of sp³-hybridized carbons (Fsp3) is 0.263. The minimum Gasteiger partial charge on any atom is -0.489 e. The van der Waals surface area contributed by atoms with Gasteiger partial charge >= 0.3 is 12.1 Å². The quantitative estimate of drug-likeness (QED) is 0.609. The molecule has 2 aromatic rings. The number of benzene rings is 2. The summed E-state index contributed by atoms with van der Waals surface area (Å²) in [4.78, 5) is 24.5. The second-order valence-corrected chi connectivity index (χ2v) is 6.53. The monoisotopic (exact) mass is 411 g/mol. The Morgan fingerprint density at radius 1 is 1.29 bits per heavy atom. The number of rotatable bonds is 4. The van der Waals surface area contributed by atoms with Crippen LogP contribution in [0.1, 0.15) is 22.7 Å². The molecule has 0 radical (unpaired) electrons. The van der Waals surface area contributed by atoms with E-state index in [4.69, 9.17) is 21.1 Å². The molecular weight excluding hydrogens is 396 g/mol. The summed E-state index contributed by atoms with van der Waals surface area (Å²) in [5, 5.41) is 9.12. The molecule has 9 heteroatoms. The first-order valence-electron chi connectivity index (χ1n) is 8.29. The van der Waals surface area contributed by atoms with E-state index in [9.17, 15) is 23.5 Å². The van der Waals surface area contributed by atoms with Crippen LogP contribution in [0.5, 0.6) is 5.75 Å². The molecule has 0 saturated carbocycles. The van der Waals surface area contributed by atoms with E-state index in [0.29, 0.717) is 23.3 Å². The average Bonchev–Trinajstić information content (AvgIpc) is 2.69. The van der Waals surface area contributed by atoms with Crippen molar-refractivity contribution >= 4 is 23.7 Å². The third-order valence-corrected chi connectivity index (χ3v) is 4.83. The summed E-state index contributed by atoms with van der Waals surface area (Å²) in [5.74, 6) is -2.03. The Hall–Kier alpha value is -2.87. The highest BCUT2D eigenvalue weighted by molar-refractivity contribution is 6.30. The molecule has 0 spiro atoms. The predicted molar refractivity (Wildman–Crippen MR) is 95.3 cm³/mol. The zero-order valence-electron chi connectivity index (χ0n) is 14.7. The van der Waals surface area contributed by atoms with E-state index < -0.39 is 29.7 Å². The van der Waals surface area contributed by atoms with Gasteiger partial charge in [-0.3, -0.25) is 4.90 Å². The van der Waals surface area contributed by atoms with E-state index in [1.54, 1.807) is 12.1 Å². The summed E-state index contributed by atoms with van der Waals surface area (Å²) in [6, 6.07) is 5.76. The summed E-state index contributed by atoms with van der Waals surface area (Å²) < 4.78 is 38.0. The number of carboxylic acid groups (broad SMARTS) is 1. The van der Waals surface area contributed by atoms with Crippen LogP contribution in [-0.2, 0) is 22.6 Å². The van der Waals surface area contributed by atoms with Crippen molar-refractivity contribution in [2.75, 3.05) is 13.7 Å². The minimum atomic E-state index is -1.23. The van der Waals surface area contributed by atoms with Crippen molar-refractivity contribution in [2.45, 2.75) is 19.1 Å². The largest absolute Gasteiger partial charge is 0.489 e. The van der Waals surface area contributed by atoms with Crippen molar-refractivity contribution in [3.8, 4) is 5.75 Å². The molecule has 28 heavy (non-hydrogen) atoms. The van der Waals surface area contributed by atoms with Gasteiger partial charge in [0.25, 0.3) is 0 Å². The van der Waals surface area contributed by atoms with Crippen LogP contribution in [0.3, 0.4) is 0 Å². The summed E-state index contributed by atoms with van der Waals surface area (Å²) >= 11 is 5.67. The highest BCUT2D eigenvalue weighted by Gasteiger charge is 2.37. The molecule has 1 atom stereocenters. The molecule has 6 nitrogen and oxygen atoms in total. The van der Waals surface area contributed by atoms with Gasteiger partial charge in [-0.05, 0) is 41.8 Å². The Labute approximate surface area is 164 Å². The molecule has 0 bridgehead atoms. The Bertz CT molecular complexity index is 937. The van der Waals surface area contributed by atoms with Crippen LogP contribution >= 0.6 is 11.6 Å². The van der Waals surface area contributed by atoms with Crippen molar-refractivity contribution in [1.82, 2.24) is 4.90 Å². The Balaban J connectivity index is 1.85. The van der Waals surface area contributed by atoms with Gasteiger partial charge in [-0.2, -0.15) is 0 Å². The van der Waals surface area contributed by atoms with Crippen LogP contribution in [0.25, 0.3) is 0 Å². The van der Waals surface area contributed by atoms with E-state index in [2.05, 4.69) is 0 Å². The summed E-state index contributed by atoms with van der Waals surface area (Å²) in [5.41, 5.74) is 0.875. The smallest absolute Gasteiger partial charge is 0.408 e. The van der Waals surface area contributed by atoms with Gasteiger partial charge in [-0.25, -0.2) is 18.4 Å². The lowest BCUT2D eigenvalue weighted by Crippen LogP contribution is -2.43. The standard InChI is InChI=1S/C19H16ClF2NO5/c1-27-18(24)17-12-3-2-11(8-10(12)6-7-23(17)19(25)26)28-9-13-15(21)5-4-14(20)16(13)22/h2-5,8,17H,6-7,9H2,1H3,(H,25,26). The van der Waals surface area contributed by atoms with Gasteiger partial charge in [0.2, 0.25) is 0 Å². The number of fused-ring (bicyclic) bond motifs is 1. The number of carbonyl (C=O) groups is 2. The van der Waals surface area contributed by atoms with Crippen LogP contribution in [-0.4, -0.2) is 35.7 Å². The number of carbonyl (C=O) groups excluding carboxylic acids is 1. The number of hydrogen-bond acceptors (Lipinski definition) is 4. The lowest BCUT2D eigenvalue weighted by molar-refractivity contribution is -0.146. The van der Waals surface area contributed by atoms with Gasteiger partial charge in [-0.15, -0.1) is 0 Å². The molecular formula is C19H16ClF2NO5. The molecule has 1 N–H and O–H groups in total. The Kier molecular flexibility index (Phi) is 5.69. The highest BCUT2D eigenvalue weighted by Crippen LogP contribution is 2.33. The zero-order valence-corrected chi connectivity index (χ0v) is 15.5. The second-order valence-electron chi connectivity index (χ2n) is 6.12. The van der Waals surface area contributed by atoms with Gasteiger partial charge in [0.15, 0.2) is 11.9 Å². The minimum absolute atomic E-state index is 0.100. The van der Waals surface area contributed by atoms with Crippen LogP contribution in [0.2, 0.25) is 5.02 Å². The summed E-state index contributed by atoms with van der Waals surface area (Å²) in [7, 11) is 1.18. The third kappa shape index (κ3) is 3.73. The number of nitrogens with zero attached hydrogens (tertiary/aromatic N) is 1. The van der Waals surface area contributed by atoms with Crippen LogP contribution in [0, 0.1) is 11.6 Å². The zero-order chi connectivity index (χ0) is 20.4. The van der Waals surface area contributed by atoms with Gasteiger partial charge in [0, 0.05) is 6.54 Å². The lowest BCUT2D eigenvalue weighted by Gasteiger charge is -2.33. The van der Waals surface area contributed by atoms with Crippen molar-refractivity contribution in [2.24, 2.45) is 0 Å². The van der Waals surface area contributed by atoms with E-state index in [1.807, 2.05) is 0 Å². The third-order valence-electron chi connectivity index (χ3n) is 4.53. The first kappa shape index (κ1) is 19.9. The number of hydrogen-bond donors (Lipinski definition) is 1. The average molecular weight is 412 g/mol. The van der Waals surface area contributed by atoms with Gasteiger partial charge < -0.3 is 14.6 Å². The normalized spacial score (nSPS) is 15.7. The summed E-state index contributed by atoms with van der Waals surface area (Å²) in [6.45, 7) is -0.276. The molecule has 1 aliphatic heterocycles. The number of ether oxygens (including phenoxy) is 2. The van der Waals surface area contributed by atoms with E-state index in [-0.39, 0.29) is 23.7 Å². The molecule has 1 amide bonds. The van der Waals surface area contributed by atoms with E-state index in [0.717, 1.165) is 17.0 Å². The number of methoxy groups -OCH3 is 1. The molecule has 0 aromatic heterocycles. The van der Waals surface area contributed by atoms with E-state index in [1.165, 1.54) is 13.2 Å². The van der Waals surface area contributed by atoms with Gasteiger partial charge in [0.05, 0.1) is 17.7 Å². The molecule has 0 saturated heterocycles. The van der Waals surface area contributed by atoms with Crippen molar-refractivity contribution in [1.29, 1.82) is 0 Å². The van der Waals surface area contributed by atoms with Crippen LogP contribution < -0.4 is 4.74 Å². The molecule has 2 aromatic carbocycles. The van der Waals surface area contributed by atoms with Crippen LogP contribution in [0.15, 0.2) is 30.3 Å². The molecule has 1 unspecified atom stereocenters.